The van der Waals surface area contributed by atoms with Crippen molar-refractivity contribution < 1.29 is 9.32 Å². The van der Waals surface area contributed by atoms with Gasteiger partial charge in [-0.1, -0.05) is 35.5 Å². The quantitative estimate of drug-likeness (QED) is 0.793. The number of H-pyrrole nitrogens is 1. The highest BCUT2D eigenvalue weighted by Crippen LogP contribution is 2.32. The van der Waals surface area contributed by atoms with Crippen LogP contribution in [0, 0.1) is 6.92 Å². The van der Waals surface area contributed by atoms with Crippen LogP contribution < -0.4 is 0 Å². The molecule has 1 atom stereocenters. The SMILES string of the molecule is Cc1cc(C(=O)N2CCCC[C@H]2c2nc(-c3ccccc3)no2)n[nH]1. The molecule has 128 valence electrons. The van der Waals surface area contributed by atoms with E-state index in [9.17, 15) is 4.79 Å². The van der Waals surface area contributed by atoms with Crippen molar-refractivity contribution in [3.05, 3.63) is 53.7 Å². The summed E-state index contributed by atoms with van der Waals surface area (Å²) in [6, 6.07) is 11.2. The highest BCUT2D eigenvalue weighted by atomic mass is 16.5. The Bertz CT molecular complexity index is 870. The number of rotatable bonds is 3. The van der Waals surface area contributed by atoms with Crippen molar-refractivity contribution in [1.82, 2.24) is 25.2 Å². The van der Waals surface area contributed by atoms with Crippen molar-refractivity contribution >= 4 is 5.91 Å². The van der Waals surface area contributed by atoms with Crippen molar-refractivity contribution in [3.8, 4) is 11.4 Å². The number of aryl methyl sites for hydroxylation is 1. The topological polar surface area (TPSA) is 87.9 Å². The molecular formula is C18H19N5O2. The van der Waals surface area contributed by atoms with E-state index in [4.69, 9.17) is 4.52 Å². The normalized spacial score (nSPS) is 17.6. The fourth-order valence-electron chi connectivity index (χ4n) is 3.18. The van der Waals surface area contributed by atoms with Gasteiger partial charge in [0, 0.05) is 17.8 Å². The van der Waals surface area contributed by atoms with Gasteiger partial charge in [0.15, 0.2) is 0 Å². The number of aromatic amines is 1. The summed E-state index contributed by atoms with van der Waals surface area (Å²) in [5, 5.41) is 11.0. The third-order valence-corrected chi connectivity index (χ3v) is 4.45. The van der Waals surface area contributed by atoms with Crippen molar-refractivity contribution in [2.75, 3.05) is 6.54 Å². The first-order chi connectivity index (χ1) is 12.2. The molecule has 3 heterocycles. The zero-order valence-electron chi connectivity index (χ0n) is 14.0. The molecule has 0 unspecified atom stereocenters. The van der Waals surface area contributed by atoms with Crippen LogP contribution in [0.15, 0.2) is 40.9 Å². The summed E-state index contributed by atoms with van der Waals surface area (Å²) in [4.78, 5) is 19.2. The Balaban J connectivity index is 1.61. The molecule has 1 aliphatic heterocycles. The molecular weight excluding hydrogens is 318 g/mol. The average molecular weight is 337 g/mol. The molecule has 0 bridgehead atoms. The Morgan fingerprint density at radius 3 is 2.88 bits per heavy atom. The molecule has 0 saturated carbocycles. The monoisotopic (exact) mass is 337 g/mol. The van der Waals surface area contributed by atoms with E-state index >= 15 is 0 Å². The number of piperidine rings is 1. The Hall–Kier alpha value is -2.96. The number of carbonyl (C=O) groups excluding carboxylic acids is 1. The first-order valence-electron chi connectivity index (χ1n) is 8.44. The minimum Gasteiger partial charge on any atom is -0.337 e. The predicted molar refractivity (Wildman–Crippen MR) is 90.7 cm³/mol. The molecule has 0 aliphatic carbocycles. The van der Waals surface area contributed by atoms with Gasteiger partial charge in [-0.25, -0.2) is 0 Å². The number of nitrogens with zero attached hydrogens (tertiary/aromatic N) is 4. The summed E-state index contributed by atoms with van der Waals surface area (Å²) in [6.07, 6.45) is 2.80. The Labute approximate surface area is 145 Å². The molecule has 7 nitrogen and oxygen atoms in total. The van der Waals surface area contributed by atoms with Crippen LogP contribution in [0.4, 0.5) is 0 Å². The van der Waals surface area contributed by atoms with E-state index in [2.05, 4.69) is 20.3 Å². The number of hydrogen-bond donors (Lipinski definition) is 1. The average Bonchev–Trinajstić information content (AvgIpc) is 3.31. The van der Waals surface area contributed by atoms with Gasteiger partial charge >= 0.3 is 0 Å². The Morgan fingerprint density at radius 2 is 2.12 bits per heavy atom. The number of carbonyl (C=O) groups is 1. The number of benzene rings is 1. The van der Waals surface area contributed by atoms with Crippen molar-refractivity contribution in [1.29, 1.82) is 0 Å². The van der Waals surface area contributed by atoms with Gasteiger partial charge in [0.25, 0.3) is 5.91 Å². The molecule has 3 aromatic rings. The lowest BCUT2D eigenvalue weighted by molar-refractivity contribution is 0.0555. The van der Waals surface area contributed by atoms with E-state index in [0.29, 0.717) is 24.0 Å². The highest BCUT2D eigenvalue weighted by molar-refractivity contribution is 5.92. The molecule has 1 amide bonds. The van der Waals surface area contributed by atoms with E-state index in [-0.39, 0.29) is 11.9 Å². The zero-order valence-corrected chi connectivity index (χ0v) is 14.0. The van der Waals surface area contributed by atoms with Gasteiger partial charge in [-0.15, -0.1) is 0 Å². The zero-order chi connectivity index (χ0) is 17.2. The third kappa shape index (κ3) is 3.05. The molecule has 1 aliphatic rings. The first-order valence-corrected chi connectivity index (χ1v) is 8.44. The van der Waals surface area contributed by atoms with Gasteiger partial charge in [-0.2, -0.15) is 10.1 Å². The first kappa shape index (κ1) is 15.6. The second-order valence-corrected chi connectivity index (χ2v) is 6.27. The number of nitrogens with one attached hydrogen (secondary N) is 1. The fraction of sp³-hybridized carbons (Fsp3) is 0.333. The van der Waals surface area contributed by atoms with Crippen LogP contribution in [0.1, 0.15) is 47.4 Å². The van der Waals surface area contributed by atoms with Crippen LogP contribution >= 0.6 is 0 Å². The van der Waals surface area contributed by atoms with Crippen LogP contribution in [-0.2, 0) is 0 Å². The molecule has 7 heteroatoms. The van der Waals surface area contributed by atoms with Gasteiger partial charge < -0.3 is 9.42 Å². The van der Waals surface area contributed by atoms with E-state index in [1.807, 2.05) is 37.3 Å². The fourth-order valence-corrected chi connectivity index (χ4v) is 3.18. The molecule has 4 rings (SSSR count). The predicted octanol–water partition coefficient (Wildman–Crippen LogP) is 3.14. The highest BCUT2D eigenvalue weighted by Gasteiger charge is 2.33. The summed E-state index contributed by atoms with van der Waals surface area (Å²) in [6.45, 7) is 2.54. The second-order valence-electron chi connectivity index (χ2n) is 6.27. The lowest BCUT2D eigenvalue weighted by atomic mass is 10.0. The van der Waals surface area contributed by atoms with Gasteiger partial charge in [0.05, 0.1) is 0 Å². The van der Waals surface area contributed by atoms with E-state index in [1.165, 1.54) is 0 Å². The largest absolute Gasteiger partial charge is 0.337 e. The van der Waals surface area contributed by atoms with Crippen molar-refractivity contribution in [3.63, 3.8) is 0 Å². The van der Waals surface area contributed by atoms with Crippen LogP contribution in [0.25, 0.3) is 11.4 Å². The Kier molecular flexibility index (Phi) is 4.05. The summed E-state index contributed by atoms with van der Waals surface area (Å²) in [5.74, 6) is 0.928. The second kappa shape index (κ2) is 6.51. The summed E-state index contributed by atoms with van der Waals surface area (Å²) < 4.78 is 5.50. The third-order valence-electron chi connectivity index (χ3n) is 4.45. The van der Waals surface area contributed by atoms with Gasteiger partial charge in [-0.05, 0) is 32.3 Å². The summed E-state index contributed by atoms with van der Waals surface area (Å²) in [7, 11) is 0. The lowest BCUT2D eigenvalue weighted by Crippen LogP contribution is -2.38. The van der Waals surface area contributed by atoms with E-state index < -0.39 is 0 Å². The van der Waals surface area contributed by atoms with Gasteiger partial charge in [0.1, 0.15) is 11.7 Å². The number of likely N-dealkylation sites (tertiary alicyclic amines) is 1. The van der Waals surface area contributed by atoms with E-state index in [0.717, 1.165) is 30.5 Å². The maximum Gasteiger partial charge on any atom is 0.275 e. The van der Waals surface area contributed by atoms with Crippen LogP contribution in [-0.4, -0.2) is 37.7 Å². The number of hydrogen-bond acceptors (Lipinski definition) is 5. The molecule has 25 heavy (non-hydrogen) atoms. The molecule has 2 aromatic heterocycles. The summed E-state index contributed by atoms with van der Waals surface area (Å²) in [5.41, 5.74) is 2.18. The number of amides is 1. The maximum atomic E-state index is 12.8. The maximum absolute atomic E-state index is 12.8. The van der Waals surface area contributed by atoms with E-state index in [1.54, 1.807) is 11.0 Å². The minimum atomic E-state index is -0.205. The molecule has 1 fully saturated rings. The summed E-state index contributed by atoms with van der Waals surface area (Å²) >= 11 is 0. The molecule has 1 aromatic carbocycles. The van der Waals surface area contributed by atoms with Gasteiger partial charge in [0.2, 0.25) is 11.7 Å². The molecule has 0 radical (unpaired) electrons. The molecule has 1 N–H and O–H groups in total. The minimum absolute atomic E-state index is 0.103. The van der Waals surface area contributed by atoms with Crippen molar-refractivity contribution in [2.45, 2.75) is 32.2 Å². The van der Waals surface area contributed by atoms with Crippen molar-refractivity contribution in [2.24, 2.45) is 0 Å². The lowest BCUT2D eigenvalue weighted by Gasteiger charge is -2.32. The smallest absolute Gasteiger partial charge is 0.275 e. The van der Waals surface area contributed by atoms with Crippen LogP contribution in [0.3, 0.4) is 0 Å². The van der Waals surface area contributed by atoms with Gasteiger partial charge in [-0.3, -0.25) is 9.89 Å². The van der Waals surface area contributed by atoms with Crippen LogP contribution in [0.5, 0.6) is 0 Å². The Morgan fingerprint density at radius 1 is 1.28 bits per heavy atom. The molecule has 0 spiro atoms. The number of aromatic nitrogens is 4. The molecule has 1 saturated heterocycles. The van der Waals surface area contributed by atoms with Crippen LogP contribution in [0.2, 0.25) is 0 Å². The standard InChI is InChI=1S/C18H19N5O2/c1-12-11-14(21-20-12)18(24)23-10-6-5-9-15(23)17-19-16(22-25-17)13-7-3-2-4-8-13/h2-4,7-8,11,15H,5-6,9-10H2,1H3,(H,20,21)/t15-/m0/s1.